The Hall–Kier alpha value is 0.230. The van der Waals surface area contributed by atoms with Crippen LogP contribution in [0.25, 0.3) is 0 Å². The highest BCUT2D eigenvalue weighted by Gasteiger charge is 2.00. The van der Waals surface area contributed by atoms with E-state index in [1.165, 1.54) is 3.57 Å². The van der Waals surface area contributed by atoms with E-state index in [4.69, 9.17) is 4.74 Å². The van der Waals surface area contributed by atoms with Crippen molar-refractivity contribution in [2.75, 3.05) is 11.9 Å². The van der Waals surface area contributed by atoms with Gasteiger partial charge >= 0.3 is 0 Å². The molecule has 1 aromatic rings. The second kappa shape index (κ2) is 5.86. The first-order chi connectivity index (χ1) is 6.22. The molecule has 1 unspecified atom stereocenters. The first-order valence-corrected chi connectivity index (χ1v) is 6.36. The lowest BCUT2D eigenvalue weighted by Gasteiger charge is -2.10. The highest BCUT2D eigenvalue weighted by atomic mass is 127. The van der Waals surface area contributed by atoms with Crippen molar-refractivity contribution in [1.29, 1.82) is 0 Å². The third kappa shape index (κ3) is 4.31. The molecule has 0 saturated heterocycles. The van der Waals surface area contributed by atoms with Crippen LogP contribution in [0.5, 0.6) is 5.75 Å². The minimum atomic E-state index is 0.554. The van der Waals surface area contributed by atoms with Gasteiger partial charge in [-0.1, -0.05) is 28.9 Å². The molecule has 0 heterocycles. The molecular weight excluding hydrogens is 343 g/mol. The van der Waals surface area contributed by atoms with Crippen LogP contribution >= 0.6 is 38.5 Å². The number of hydrogen-bond donors (Lipinski definition) is 0. The summed E-state index contributed by atoms with van der Waals surface area (Å²) in [5.74, 6) is 1.51. The molecule has 0 aliphatic rings. The first kappa shape index (κ1) is 11.3. The van der Waals surface area contributed by atoms with Gasteiger partial charge in [0.2, 0.25) is 0 Å². The van der Waals surface area contributed by atoms with Crippen LogP contribution in [0, 0.1) is 9.49 Å². The van der Waals surface area contributed by atoms with Crippen molar-refractivity contribution in [2.45, 2.75) is 6.92 Å². The van der Waals surface area contributed by atoms with Gasteiger partial charge in [-0.05, 0) is 46.7 Å². The SMILES string of the molecule is CC(CBr)COc1cccc(I)c1. The Morgan fingerprint density at radius 2 is 2.31 bits per heavy atom. The number of rotatable bonds is 4. The number of hydrogen-bond acceptors (Lipinski definition) is 1. The van der Waals surface area contributed by atoms with Crippen LogP contribution in [-0.4, -0.2) is 11.9 Å². The van der Waals surface area contributed by atoms with E-state index in [2.05, 4.69) is 51.5 Å². The minimum absolute atomic E-state index is 0.554. The number of benzene rings is 1. The molecule has 0 radical (unpaired) electrons. The maximum atomic E-state index is 5.60. The van der Waals surface area contributed by atoms with Crippen molar-refractivity contribution in [1.82, 2.24) is 0 Å². The predicted octanol–water partition coefficient (Wildman–Crippen LogP) is 3.70. The molecule has 1 nitrogen and oxygen atoms in total. The second-order valence-corrected chi connectivity index (χ2v) is 4.92. The van der Waals surface area contributed by atoms with Gasteiger partial charge in [-0.3, -0.25) is 0 Å². The average Bonchev–Trinajstić information content (AvgIpc) is 2.14. The predicted molar refractivity (Wildman–Crippen MR) is 67.6 cm³/mol. The maximum absolute atomic E-state index is 5.60. The van der Waals surface area contributed by atoms with E-state index >= 15 is 0 Å². The molecule has 0 spiro atoms. The maximum Gasteiger partial charge on any atom is 0.120 e. The molecule has 13 heavy (non-hydrogen) atoms. The Morgan fingerprint density at radius 1 is 1.54 bits per heavy atom. The Labute approximate surface area is 101 Å². The lowest BCUT2D eigenvalue weighted by Crippen LogP contribution is -2.09. The molecule has 0 aliphatic carbocycles. The van der Waals surface area contributed by atoms with Gasteiger partial charge in [0.15, 0.2) is 0 Å². The van der Waals surface area contributed by atoms with E-state index in [9.17, 15) is 0 Å². The molecule has 1 rings (SSSR count). The highest BCUT2D eigenvalue weighted by molar-refractivity contribution is 14.1. The van der Waals surface area contributed by atoms with Gasteiger partial charge < -0.3 is 4.74 Å². The van der Waals surface area contributed by atoms with Gasteiger partial charge in [0.25, 0.3) is 0 Å². The molecule has 3 heteroatoms. The number of ether oxygens (including phenoxy) is 1. The summed E-state index contributed by atoms with van der Waals surface area (Å²) in [4.78, 5) is 0. The zero-order chi connectivity index (χ0) is 9.68. The zero-order valence-corrected chi connectivity index (χ0v) is 11.2. The Bertz CT molecular complexity index is 265. The summed E-state index contributed by atoms with van der Waals surface area (Å²) in [6.45, 7) is 2.92. The number of alkyl halides is 1. The standard InChI is InChI=1S/C10H12BrIO/c1-8(6-11)7-13-10-4-2-3-9(12)5-10/h2-5,8H,6-7H2,1H3. The molecule has 0 amide bonds. The largest absolute Gasteiger partial charge is 0.493 e. The normalized spacial score (nSPS) is 12.5. The van der Waals surface area contributed by atoms with Gasteiger partial charge in [0, 0.05) is 8.90 Å². The van der Waals surface area contributed by atoms with Gasteiger partial charge in [-0.2, -0.15) is 0 Å². The van der Waals surface area contributed by atoms with Gasteiger partial charge in [0.1, 0.15) is 5.75 Å². The van der Waals surface area contributed by atoms with Crippen molar-refractivity contribution < 1.29 is 4.74 Å². The van der Waals surface area contributed by atoms with Crippen LogP contribution in [0.2, 0.25) is 0 Å². The molecule has 72 valence electrons. The summed E-state index contributed by atoms with van der Waals surface area (Å²) in [6, 6.07) is 8.10. The monoisotopic (exact) mass is 354 g/mol. The van der Waals surface area contributed by atoms with Gasteiger partial charge in [-0.25, -0.2) is 0 Å². The van der Waals surface area contributed by atoms with Crippen molar-refractivity contribution in [3.63, 3.8) is 0 Å². The smallest absolute Gasteiger partial charge is 0.120 e. The molecular formula is C10H12BrIO. The van der Waals surface area contributed by atoms with Crippen LogP contribution in [0.4, 0.5) is 0 Å². The molecule has 1 atom stereocenters. The van der Waals surface area contributed by atoms with E-state index in [1.807, 2.05) is 18.2 Å². The molecule has 0 N–H and O–H groups in total. The van der Waals surface area contributed by atoms with Gasteiger partial charge in [-0.15, -0.1) is 0 Å². The fraction of sp³-hybridized carbons (Fsp3) is 0.400. The molecule has 0 saturated carbocycles. The van der Waals surface area contributed by atoms with Crippen LogP contribution < -0.4 is 4.74 Å². The lowest BCUT2D eigenvalue weighted by molar-refractivity contribution is 0.274. The van der Waals surface area contributed by atoms with E-state index in [1.54, 1.807) is 0 Å². The number of halogens is 2. The van der Waals surface area contributed by atoms with Crippen molar-refractivity contribution in [2.24, 2.45) is 5.92 Å². The summed E-state index contributed by atoms with van der Waals surface area (Å²) in [7, 11) is 0. The molecule has 0 bridgehead atoms. The quantitative estimate of drug-likeness (QED) is 0.591. The third-order valence-corrected chi connectivity index (χ3v) is 3.37. The summed E-state index contributed by atoms with van der Waals surface area (Å²) in [6.07, 6.45) is 0. The molecule has 0 fully saturated rings. The van der Waals surface area contributed by atoms with Crippen LogP contribution in [0.3, 0.4) is 0 Å². The summed E-state index contributed by atoms with van der Waals surface area (Å²) in [5.41, 5.74) is 0. The first-order valence-electron chi connectivity index (χ1n) is 4.16. The third-order valence-electron chi connectivity index (χ3n) is 1.59. The minimum Gasteiger partial charge on any atom is -0.493 e. The fourth-order valence-corrected chi connectivity index (χ4v) is 1.54. The highest BCUT2D eigenvalue weighted by Crippen LogP contribution is 2.15. The molecule has 0 aliphatic heterocycles. The average molecular weight is 355 g/mol. The molecule has 1 aromatic carbocycles. The van der Waals surface area contributed by atoms with Gasteiger partial charge in [0.05, 0.1) is 6.61 Å². The van der Waals surface area contributed by atoms with Crippen LogP contribution in [0.15, 0.2) is 24.3 Å². The summed E-state index contributed by atoms with van der Waals surface area (Å²) >= 11 is 5.70. The van der Waals surface area contributed by atoms with E-state index in [-0.39, 0.29) is 0 Å². The van der Waals surface area contributed by atoms with E-state index in [0.29, 0.717) is 5.92 Å². The fourth-order valence-electron chi connectivity index (χ4n) is 0.840. The van der Waals surface area contributed by atoms with Crippen molar-refractivity contribution >= 4 is 38.5 Å². The van der Waals surface area contributed by atoms with E-state index < -0.39 is 0 Å². The summed E-state index contributed by atoms with van der Waals surface area (Å²) in [5, 5.41) is 0.983. The lowest BCUT2D eigenvalue weighted by atomic mass is 10.2. The Morgan fingerprint density at radius 3 is 2.92 bits per heavy atom. The van der Waals surface area contributed by atoms with Crippen molar-refractivity contribution in [3.05, 3.63) is 27.8 Å². The topological polar surface area (TPSA) is 9.23 Å². The van der Waals surface area contributed by atoms with Crippen molar-refractivity contribution in [3.8, 4) is 5.75 Å². The zero-order valence-electron chi connectivity index (χ0n) is 7.47. The Balaban J connectivity index is 2.45. The molecule has 0 aromatic heterocycles. The van der Waals surface area contributed by atoms with Crippen LogP contribution in [0.1, 0.15) is 6.92 Å². The van der Waals surface area contributed by atoms with Crippen LogP contribution in [-0.2, 0) is 0 Å². The second-order valence-electron chi connectivity index (χ2n) is 3.03. The van der Waals surface area contributed by atoms with E-state index in [0.717, 1.165) is 17.7 Å². The summed E-state index contributed by atoms with van der Waals surface area (Å²) < 4.78 is 6.81. The Kier molecular flexibility index (Phi) is 5.09.